The molecule has 1 saturated heterocycles. The molecule has 0 aromatic heterocycles. The monoisotopic (exact) mass is 275 g/mol. The summed E-state index contributed by atoms with van der Waals surface area (Å²) in [5.74, 6) is 0.635. The molecule has 0 spiro atoms. The first-order chi connectivity index (χ1) is 9.63. The average molecular weight is 275 g/mol. The molecular formula is C17H29N3. The van der Waals surface area contributed by atoms with Crippen LogP contribution in [0.2, 0.25) is 0 Å². The molecule has 0 radical (unpaired) electrons. The first kappa shape index (κ1) is 15.5. The van der Waals surface area contributed by atoms with Crippen molar-refractivity contribution in [2.45, 2.75) is 25.9 Å². The average Bonchev–Trinajstić information content (AvgIpc) is 2.46. The third-order valence-electron chi connectivity index (χ3n) is 4.45. The number of rotatable bonds is 5. The fraction of sp³-hybridized carbons (Fsp3) is 0.647. The van der Waals surface area contributed by atoms with Crippen LogP contribution in [0.5, 0.6) is 0 Å². The van der Waals surface area contributed by atoms with Crippen molar-refractivity contribution in [1.29, 1.82) is 0 Å². The van der Waals surface area contributed by atoms with Gasteiger partial charge in [-0.1, -0.05) is 44.2 Å². The highest BCUT2D eigenvalue weighted by Gasteiger charge is 2.31. The van der Waals surface area contributed by atoms with Crippen LogP contribution < -0.4 is 5.32 Å². The fourth-order valence-electron chi connectivity index (χ4n) is 3.33. The molecule has 1 aromatic carbocycles. The van der Waals surface area contributed by atoms with Gasteiger partial charge in [0.1, 0.15) is 0 Å². The quantitative estimate of drug-likeness (QED) is 0.889. The molecule has 0 aliphatic carbocycles. The number of piperazine rings is 1. The van der Waals surface area contributed by atoms with Crippen LogP contribution >= 0.6 is 0 Å². The summed E-state index contributed by atoms with van der Waals surface area (Å²) in [5, 5.41) is 3.55. The SMILES string of the molecule is CNC(c1ccccc1)C(C(C)C)N1CCN(C)CC1. The smallest absolute Gasteiger partial charge is 0.0478 e. The van der Waals surface area contributed by atoms with Gasteiger partial charge >= 0.3 is 0 Å². The predicted molar refractivity (Wildman–Crippen MR) is 85.9 cm³/mol. The van der Waals surface area contributed by atoms with Crippen LogP contribution in [0.4, 0.5) is 0 Å². The zero-order valence-corrected chi connectivity index (χ0v) is 13.3. The van der Waals surface area contributed by atoms with Crippen molar-refractivity contribution < 1.29 is 0 Å². The summed E-state index contributed by atoms with van der Waals surface area (Å²) < 4.78 is 0. The second-order valence-corrected chi connectivity index (χ2v) is 6.25. The first-order valence-electron chi connectivity index (χ1n) is 7.78. The third kappa shape index (κ3) is 3.60. The zero-order chi connectivity index (χ0) is 14.5. The van der Waals surface area contributed by atoms with E-state index in [2.05, 4.69) is 73.4 Å². The molecule has 1 N–H and O–H groups in total. The van der Waals surface area contributed by atoms with E-state index in [-0.39, 0.29) is 0 Å². The largest absolute Gasteiger partial charge is 0.312 e. The molecular weight excluding hydrogens is 246 g/mol. The van der Waals surface area contributed by atoms with Gasteiger partial charge in [-0.3, -0.25) is 4.90 Å². The minimum atomic E-state index is 0.402. The van der Waals surface area contributed by atoms with Crippen LogP contribution in [0.3, 0.4) is 0 Å². The van der Waals surface area contributed by atoms with Gasteiger partial charge in [-0.25, -0.2) is 0 Å². The lowest BCUT2D eigenvalue weighted by Gasteiger charge is -2.43. The number of hydrogen-bond donors (Lipinski definition) is 1. The topological polar surface area (TPSA) is 18.5 Å². The van der Waals surface area contributed by atoms with E-state index in [1.54, 1.807) is 0 Å². The van der Waals surface area contributed by atoms with E-state index in [1.165, 1.54) is 31.7 Å². The maximum absolute atomic E-state index is 3.55. The molecule has 2 unspecified atom stereocenters. The summed E-state index contributed by atoms with van der Waals surface area (Å²) in [5.41, 5.74) is 1.40. The Balaban J connectivity index is 2.18. The van der Waals surface area contributed by atoms with Gasteiger partial charge in [0, 0.05) is 38.3 Å². The number of hydrogen-bond acceptors (Lipinski definition) is 3. The van der Waals surface area contributed by atoms with Crippen molar-refractivity contribution >= 4 is 0 Å². The zero-order valence-electron chi connectivity index (χ0n) is 13.3. The van der Waals surface area contributed by atoms with Gasteiger partial charge in [-0.15, -0.1) is 0 Å². The number of benzene rings is 1. The van der Waals surface area contributed by atoms with E-state index in [0.29, 0.717) is 18.0 Å². The Kier molecular flexibility index (Phi) is 5.58. The highest BCUT2D eigenvalue weighted by molar-refractivity contribution is 5.21. The molecule has 1 heterocycles. The van der Waals surface area contributed by atoms with E-state index in [0.717, 1.165) is 0 Å². The van der Waals surface area contributed by atoms with E-state index < -0.39 is 0 Å². The summed E-state index contributed by atoms with van der Waals surface area (Å²) in [4.78, 5) is 5.09. The Hall–Kier alpha value is -0.900. The van der Waals surface area contributed by atoms with E-state index in [1.807, 2.05) is 0 Å². The molecule has 0 saturated carbocycles. The van der Waals surface area contributed by atoms with E-state index in [4.69, 9.17) is 0 Å². The van der Waals surface area contributed by atoms with Gasteiger partial charge < -0.3 is 10.2 Å². The molecule has 2 atom stereocenters. The second kappa shape index (κ2) is 7.21. The Morgan fingerprint density at radius 1 is 1.00 bits per heavy atom. The fourth-order valence-corrected chi connectivity index (χ4v) is 3.33. The Morgan fingerprint density at radius 2 is 1.60 bits per heavy atom. The van der Waals surface area contributed by atoms with Crippen LogP contribution in [0.15, 0.2) is 30.3 Å². The first-order valence-corrected chi connectivity index (χ1v) is 7.78. The summed E-state index contributed by atoms with van der Waals surface area (Å²) >= 11 is 0. The molecule has 20 heavy (non-hydrogen) atoms. The molecule has 3 heteroatoms. The number of nitrogens with one attached hydrogen (secondary N) is 1. The highest BCUT2D eigenvalue weighted by Crippen LogP contribution is 2.27. The summed E-state index contributed by atoms with van der Waals surface area (Å²) in [6, 6.07) is 11.8. The van der Waals surface area contributed by atoms with Gasteiger partial charge in [-0.2, -0.15) is 0 Å². The van der Waals surface area contributed by atoms with Gasteiger partial charge in [-0.05, 0) is 25.6 Å². The van der Waals surface area contributed by atoms with Crippen LogP contribution in [0.25, 0.3) is 0 Å². The summed E-state index contributed by atoms with van der Waals surface area (Å²) in [6.45, 7) is 9.38. The minimum absolute atomic E-state index is 0.402. The molecule has 1 aliphatic rings. The maximum atomic E-state index is 3.55. The van der Waals surface area contributed by atoms with Crippen molar-refractivity contribution in [3.8, 4) is 0 Å². The van der Waals surface area contributed by atoms with E-state index in [9.17, 15) is 0 Å². The molecule has 0 bridgehead atoms. The highest BCUT2D eigenvalue weighted by atomic mass is 15.3. The lowest BCUT2D eigenvalue weighted by molar-refractivity contribution is 0.0673. The Morgan fingerprint density at radius 3 is 2.10 bits per heavy atom. The van der Waals surface area contributed by atoms with Crippen molar-refractivity contribution in [1.82, 2.24) is 15.1 Å². The second-order valence-electron chi connectivity index (χ2n) is 6.25. The molecule has 1 aromatic rings. The molecule has 2 rings (SSSR count). The lowest BCUT2D eigenvalue weighted by atomic mass is 9.89. The summed E-state index contributed by atoms with van der Waals surface area (Å²) in [7, 11) is 4.30. The molecule has 1 fully saturated rings. The van der Waals surface area contributed by atoms with Crippen molar-refractivity contribution in [2.75, 3.05) is 40.3 Å². The molecule has 112 valence electrons. The summed E-state index contributed by atoms with van der Waals surface area (Å²) in [6.07, 6.45) is 0. The predicted octanol–water partition coefficient (Wildman–Crippen LogP) is 2.22. The van der Waals surface area contributed by atoms with Crippen molar-refractivity contribution in [2.24, 2.45) is 5.92 Å². The standard InChI is InChI=1S/C17H29N3/c1-14(2)17(20-12-10-19(4)11-13-20)16(18-3)15-8-6-5-7-9-15/h5-9,14,16-18H,10-13H2,1-4H3. The molecule has 0 amide bonds. The number of likely N-dealkylation sites (N-methyl/N-ethyl adjacent to an activating group) is 2. The van der Waals surface area contributed by atoms with Crippen LogP contribution in [-0.2, 0) is 0 Å². The minimum Gasteiger partial charge on any atom is -0.312 e. The van der Waals surface area contributed by atoms with Crippen molar-refractivity contribution in [3.63, 3.8) is 0 Å². The third-order valence-corrected chi connectivity index (χ3v) is 4.45. The molecule has 1 aliphatic heterocycles. The maximum Gasteiger partial charge on any atom is 0.0478 e. The van der Waals surface area contributed by atoms with Gasteiger partial charge in [0.2, 0.25) is 0 Å². The van der Waals surface area contributed by atoms with Crippen LogP contribution in [0.1, 0.15) is 25.5 Å². The van der Waals surface area contributed by atoms with Gasteiger partial charge in [0.15, 0.2) is 0 Å². The number of nitrogens with zero attached hydrogens (tertiary/aromatic N) is 2. The normalized spacial score (nSPS) is 21.1. The Labute approximate surface area is 124 Å². The van der Waals surface area contributed by atoms with E-state index >= 15 is 0 Å². The van der Waals surface area contributed by atoms with Gasteiger partial charge in [0.25, 0.3) is 0 Å². The van der Waals surface area contributed by atoms with Crippen LogP contribution in [0, 0.1) is 5.92 Å². The van der Waals surface area contributed by atoms with Gasteiger partial charge in [0.05, 0.1) is 0 Å². The van der Waals surface area contributed by atoms with Crippen LogP contribution in [-0.4, -0.2) is 56.1 Å². The van der Waals surface area contributed by atoms with Crippen molar-refractivity contribution in [3.05, 3.63) is 35.9 Å². The Bertz CT molecular complexity index is 382. The lowest BCUT2D eigenvalue weighted by Crippen LogP contribution is -2.54. The molecule has 3 nitrogen and oxygen atoms in total.